The second-order valence-corrected chi connectivity index (χ2v) is 5.49. The summed E-state index contributed by atoms with van der Waals surface area (Å²) in [7, 11) is 1.31. The Balaban J connectivity index is 2.32. The summed E-state index contributed by atoms with van der Waals surface area (Å²) in [4.78, 5) is 12.4. The minimum Gasteiger partial charge on any atom is -0.493 e. The van der Waals surface area contributed by atoms with Crippen molar-refractivity contribution in [1.82, 2.24) is 0 Å². The smallest absolute Gasteiger partial charge is 0.387 e. The highest BCUT2D eigenvalue weighted by Crippen LogP contribution is 2.33. The number of para-hydroxylation sites is 1. The zero-order chi connectivity index (χ0) is 17.0. The number of halogens is 3. The van der Waals surface area contributed by atoms with Crippen molar-refractivity contribution in [2.75, 3.05) is 12.4 Å². The van der Waals surface area contributed by atoms with Crippen molar-refractivity contribution in [3.05, 3.63) is 52.0 Å². The number of amides is 1. The van der Waals surface area contributed by atoms with Crippen LogP contribution < -0.4 is 14.8 Å². The monoisotopic (exact) mass is 385 g/mol. The molecule has 2 aromatic carbocycles. The molecule has 1 N–H and O–H groups in total. The molecule has 2 aromatic rings. The van der Waals surface area contributed by atoms with E-state index in [0.717, 1.165) is 10.0 Å². The third-order valence-corrected chi connectivity index (χ3v) is 3.93. The Morgan fingerprint density at radius 1 is 1.26 bits per heavy atom. The quantitative estimate of drug-likeness (QED) is 0.816. The van der Waals surface area contributed by atoms with E-state index in [1.54, 1.807) is 12.1 Å². The molecule has 0 aliphatic carbocycles. The van der Waals surface area contributed by atoms with E-state index in [4.69, 9.17) is 4.74 Å². The van der Waals surface area contributed by atoms with Crippen LogP contribution in [0.1, 0.15) is 15.9 Å². The largest absolute Gasteiger partial charge is 0.493 e. The number of carbonyl (C=O) groups is 1. The Bertz CT molecular complexity index is 722. The summed E-state index contributed by atoms with van der Waals surface area (Å²) in [5.74, 6) is -0.813. The highest BCUT2D eigenvalue weighted by atomic mass is 79.9. The molecule has 0 aliphatic rings. The highest BCUT2D eigenvalue weighted by molar-refractivity contribution is 9.10. The van der Waals surface area contributed by atoms with Crippen LogP contribution in [0.5, 0.6) is 11.5 Å². The molecule has 0 unspecified atom stereocenters. The number of anilines is 1. The molecule has 4 nitrogen and oxygen atoms in total. The summed E-state index contributed by atoms with van der Waals surface area (Å²) < 4.78 is 35.4. The number of rotatable bonds is 5. The average Bonchev–Trinajstić information content (AvgIpc) is 2.50. The van der Waals surface area contributed by atoms with Crippen LogP contribution in [0.4, 0.5) is 14.5 Å². The third kappa shape index (κ3) is 4.19. The van der Waals surface area contributed by atoms with Crippen LogP contribution in [0.25, 0.3) is 0 Å². The van der Waals surface area contributed by atoms with Gasteiger partial charge in [0.15, 0.2) is 11.5 Å². The fourth-order valence-electron chi connectivity index (χ4n) is 1.94. The van der Waals surface area contributed by atoms with Gasteiger partial charge in [-0.2, -0.15) is 8.78 Å². The summed E-state index contributed by atoms with van der Waals surface area (Å²) in [6, 6.07) is 9.61. The van der Waals surface area contributed by atoms with Gasteiger partial charge in [-0.15, -0.1) is 0 Å². The Hall–Kier alpha value is -2.15. The van der Waals surface area contributed by atoms with Crippen LogP contribution in [0, 0.1) is 6.92 Å². The molecule has 0 spiro atoms. The Morgan fingerprint density at radius 2 is 2.00 bits per heavy atom. The molecule has 2 rings (SSSR count). The minimum atomic E-state index is -3.06. The number of carbonyl (C=O) groups excluding carboxylic acids is 1. The number of benzene rings is 2. The molecular weight excluding hydrogens is 372 g/mol. The molecule has 0 bridgehead atoms. The van der Waals surface area contributed by atoms with E-state index in [9.17, 15) is 13.6 Å². The van der Waals surface area contributed by atoms with Crippen molar-refractivity contribution < 1.29 is 23.0 Å². The number of nitrogens with one attached hydrogen (secondary N) is 1. The van der Waals surface area contributed by atoms with Gasteiger partial charge >= 0.3 is 6.61 Å². The molecule has 0 aliphatic heterocycles. The molecule has 0 atom stereocenters. The molecule has 7 heteroatoms. The first-order chi connectivity index (χ1) is 10.9. The summed E-state index contributed by atoms with van der Waals surface area (Å²) in [6.07, 6.45) is 0. The number of ether oxygens (including phenoxy) is 2. The van der Waals surface area contributed by atoms with Crippen LogP contribution in [0.3, 0.4) is 0 Å². The molecule has 122 valence electrons. The van der Waals surface area contributed by atoms with Gasteiger partial charge in [-0.1, -0.05) is 28.1 Å². The van der Waals surface area contributed by atoms with Gasteiger partial charge in [-0.3, -0.25) is 4.79 Å². The molecule has 0 fully saturated rings. The third-order valence-electron chi connectivity index (χ3n) is 3.08. The molecule has 1 amide bonds. The molecular formula is C16H14BrF2NO3. The van der Waals surface area contributed by atoms with E-state index in [0.29, 0.717) is 5.69 Å². The van der Waals surface area contributed by atoms with E-state index < -0.39 is 12.5 Å². The minimum absolute atomic E-state index is 0.0404. The lowest BCUT2D eigenvalue weighted by molar-refractivity contribution is -0.0515. The van der Waals surface area contributed by atoms with E-state index in [2.05, 4.69) is 26.0 Å². The second-order valence-electron chi connectivity index (χ2n) is 4.63. The average molecular weight is 386 g/mol. The van der Waals surface area contributed by atoms with E-state index >= 15 is 0 Å². The number of alkyl halides is 2. The molecule has 0 aromatic heterocycles. The van der Waals surface area contributed by atoms with Gasteiger partial charge in [0.2, 0.25) is 0 Å². The Labute approximate surface area is 140 Å². The molecule has 0 radical (unpaired) electrons. The zero-order valence-electron chi connectivity index (χ0n) is 12.4. The standard InChI is InChI=1S/C16H14BrF2NO3/c1-9-6-7-10(8-12(9)17)20-15(21)11-4-3-5-13(22-2)14(11)23-16(18)19/h3-8,16H,1-2H3,(H,20,21). The maximum Gasteiger partial charge on any atom is 0.387 e. The van der Waals surface area contributed by atoms with Crippen molar-refractivity contribution >= 4 is 27.5 Å². The fourth-order valence-corrected chi connectivity index (χ4v) is 2.31. The lowest BCUT2D eigenvalue weighted by Crippen LogP contribution is -2.15. The van der Waals surface area contributed by atoms with Crippen molar-refractivity contribution in [3.63, 3.8) is 0 Å². The number of aryl methyl sites for hydroxylation is 1. The van der Waals surface area contributed by atoms with Gasteiger partial charge in [0.1, 0.15) is 0 Å². The first kappa shape index (κ1) is 17.2. The highest BCUT2D eigenvalue weighted by Gasteiger charge is 2.20. The second kappa shape index (κ2) is 7.41. The maximum absolute atomic E-state index is 12.6. The zero-order valence-corrected chi connectivity index (χ0v) is 14.0. The van der Waals surface area contributed by atoms with E-state index in [1.807, 2.05) is 13.0 Å². The molecule has 0 heterocycles. The SMILES string of the molecule is COc1cccc(C(=O)Nc2ccc(C)c(Br)c2)c1OC(F)F. The molecule has 23 heavy (non-hydrogen) atoms. The first-order valence-electron chi connectivity index (χ1n) is 6.61. The number of hydrogen-bond acceptors (Lipinski definition) is 3. The van der Waals surface area contributed by atoms with Crippen LogP contribution in [0.15, 0.2) is 40.9 Å². The predicted octanol–water partition coefficient (Wildman–Crippen LogP) is 4.62. The van der Waals surface area contributed by atoms with Gasteiger partial charge in [-0.25, -0.2) is 0 Å². The van der Waals surface area contributed by atoms with Gasteiger partial charge in [0.05, 0.1) is 12.7 Å². The summed E-state index contributed by atoms with van der Waals surface area (Å²) in [5.41, 5.74) is 1.49. The molecule has 0 saturated carbocycles. The van der Waals surface area contributed by atoms with Crippen LogP contribution in [-0.4, -0.2) is 19.6 Å². The van der Waals surface area contributed by atoms with E-state index in [-0.39, 0.29) is 17.1 Å². The first-order valence-corrected chi connectivity index (χ1v) is 7.41. The maximum atomic E-state index is 12.6. The van der Waals surface area contributed by atoms with Gasteiger partial charge in [0, 0.05) is 10.2 Å². The lowest BCUT2D eigenvalue weighted by Gasteiger charge is -2.14. The topological polar surface area (TPSA) is 47.6 Å². The summed E-state index contributed by atoms with van der Waals surface area (Å²) in [5, 5.41) is 2.64. The van der Waals surface area contributed by atoms with Crippen molar-refractivity contribution in [3.8, 4) is 11.5 Å². The predicted molar refractivity (Wildman–Crippen MR) is 86.5 cm³/mol. The van der Waals surface area contributed by atoms with Crippen molar-refractivity contribution in [2.24, 2.45) is 0 Å². The van der Waals surface area contributed by atoms with Gasteiger partial charge < -0.3 is 14.8 Å². The van der Waals surface area contributed by atoms with Gasteiger partial charge in [0.25, 0.3) is 5.91 Å². The lowest BCUT2D eigenvalue weighted by atomic mass is 10.1. The molecule has 0 saturated heterocycles. The Morgan fingerprint density at radius 3 is 2.61 bits per heavy atom. The summed E-state index contributed by atoms with van der Waals surface area (Å²) in [6.45, 7) is -1.15. The Kier molecular flexibility index (Phi) is 5.54. The summed E-state index contributed by atoms with van der Waals surface area (Å²) >= 11 is 3.37. The van der Waals surface area contributed by atoms with Crippen LogP contribution >= 0.6 is 15.9 Å². The fraction of sp³-hybridized carbons (Fsp3) is 0.188. The van der Waals surface area contributed by atoms with Crippen molar-refractivity contribution in [1.29, 1.82) is 0 Å². The van der Waals surface area contributed by atoms with Crippen LogP contribution in [-0.2, 0) is 0 Å². The normalized spacial score (nSPS) is 10.5. The number of methoxy groups -OCH3 is 1. The van der Waals surface area contributed by atoms with Gasteiger partial charge in [-0.05, 0) is 36.8 Å². The van der Waals surface area contributed by atoms with Crippen molar-refractivity contribution in [2.45, 2.75) is 13.5 Å². The number of hydrogen-bond donors (Lipinski definition) is 1. The van der Waals surface area contributed by atoms with E-state index in [1.165, 1.54) is 25.3 Å². The van der Waals surface area contributed by atoms with Crippen LogP contribution in [0.2, 0.25) is 0 Å².